The first kappa shape index (κ1) is 14.5. The molecule has 0 aliphatic heterocycles. The van der Waals surface area contributed by atoms with Gasteiger partial charge in [-0.2, -0.15) is 0 Å². The first-order valence-electron chi connectivity index (χ1n) is 6.08. The molecule has 2 aromatic carbocycles. The largest absolute Gasteiger partial charge is 0.416 e. The number of nitro groups is 1. The van der Waals surface area contributed by atoms with Crippen LogP contribution in [0.3, 0.4) is 0 Å². The van der Waals surface area contributed by atoms with Gasteiger partial charge in [-0.05, 0) is 30.3 Å². The van der Waals surface area contributed by atoms with E-state index in [-0.39, 0.29) is 22.5 Å². The molecule has 6 nitrogen and oxygen atoms in total. The highest BCUT2D eigenvalue weighted by Gasteiger charge is 2.17. The Morgan fingerprint density at radius 3 is 2.36 bits per heavy atom. The van der Waals surface area contributed by atoms with E-state index in [0.717, 1.165) is 0 Å². The summed E-state index contributed by atoms with van der Waals surface area (Å²) >= 11 is 11.9. The lowest BCUT2D eigenvalue weighted by Gasteiger charge is -1.99. The van der Waals surface area contributed by atoms with Gasteiger partial charge in [0.2, 0.25) is 11.8 Å². The predicted molar refractivity (Wildman–Crippen MR) is 81.8 cm³/mol. The molecule has 0 bridgehead atoms. The van der Waals surface area contributed by atoms with Crippen LogP contribution in [0.1, 0.15) is 0 Å². The molecule has 0 N–H and O–H groups in total. The first-order chi connectivity index (χ1) is 10.5. The summed E-state index contributed by atoms with van der Waals surface area (Å²) in [7, 11) is 0. The highest BCUT2D eigenvalue weighted by atomic mass is 35.5. The zero-order chi connectivity index (χ0) is 15.7. The van der Waals surface area contributed by atoms with Crippen molar-refractivity contribution in [3.05, 3.63) is 62.6 Å². The standard InChI is InChI=1S/C14H7Cl2N3O3/c15-9-3-1-8(2-4-9)13-17-18-14(22-13)11-7-10(19(20)21)5-6-12(11)16/h1-7H. The van der Waals surface area contributed by atoms with Gasteiger partial charge >= 0.3 is 0 Å². The van der Waals surface area contributed by atoms with Gasteiger partial charge in [-0.15, -0.1) is 10.2 Å². The molecule has 0 saturated carbocycles. The van der Waals surface area contributed by atoms with Crippen LogP contribution in [0.4, 0.5) is 5.69 Å². The van der Waals surface area contributed by atoms with Gasteiger partial charge in [-0.1, -0.05) is 23.2 Å². The first-order valence-corrected chi connectivity index (χ1v) is 6.84. The molecule has 3 rings (SSSR count). The summed E-state index contributed by atoms with van der Waals surface area (Å²) in [6, 6.07) is 10.9. The highest BCUT2D eigenvalue weighted by molar-refractivity contribution is 6.33. The summed E-state index contributed by atoms with van der Waals surface area (Å²) in [6.45, 7) is 0. The van der Waals surface area contributed by atoms with Crippen LogP contribution in [0.2, 0.25) is 10.0 Å². The molecule has 3 aromatic rings. The smallest absolute Gasteiger partial charge is 0.270 e. The van der Waals surface area contributed by atoms with Crippen LogP contribution < -0.4 is 0 Å². The Bertz CT molecular complexity index is 847. The van der Waals surface area contributed by atoms with Crippen molar-refractivity contribution in [1.82, 2.24) is 10.2 Å². The topological polar surface area (TPSA) is 82.1 Å². The van der Waals surface area contributed by atoms with Crippen LogP contribution in [-0.2, 0) is 0 Å². The Labute approximate surface area is 134 Å². The zero-order valence-corrected chi connectivity index (χ0v) is 12.4. The second-order valence-electron chi connectivity index (χ2n) is 4.34. The molecular weight excluding hydrogens is 329 g/mol. The fourth-order valence-electron chi connectivity index (χ4n) is 1.83. The van der Waals surface area contributed by atoms with Gasteiger partial charge < -0.3 is 4.42 Å². The van der Waals surface area contributed by atoms with Crippen molar-refractivity contribution in [2.75, 3.05) is 0 Å². The SMILES string of the molecule is O=[N+]([O-])c1ccc(Cl)c(-c2nnc(-c3ccc(Cl)cc3)o2)c1. The minimum absolute atomic E-state index is 0.106. The lowest BCUT2D eigenvalue weighted by Crippen LogP contribution is -1.89. The average molecular weight is 336 g/mol. The maximum Gasteiger partial charge on any atom is 0.270 e. The molecule has 1 aromatic heterocycles. The van der Waals surface area contributed by atoms with Crippen LogP contribution >= 0.6 is 23.2 Å². The molecule has 8 heteroatoms. The molecule has 0 radical (unpaired) electrons. The quantitative estimate of drug-likeness (QED) is 0.515. The maximum atomic E-state index is 10.8. The van der Waals surface area contributed by atoms with Crippen molar-refractivity contribution < 1.29 is 9.34 Å². The molecule has 0 atom stereocenters. The number of nitrogens with zero attached hydrogens (tertiary/aromatic N) is 3. The third kappa shape index (κ3) is 2.79. The second-order valence-corrected chi connectivity index (χ2v) is 5.18. The summed E-state index contributed by atoms with van der Waals surface area (Å²) in [5.41, 5.74) is 0.888. The van der Waals surface area contributed by atoms with Crippen molar-refractivity contribution in [3.8, 4) is 22.9 Å². The van der Waals surface area contributed by atoms with Crippen LogP contribution in [0.25, 0.3) is 22.9 Å². The molecule has 0 aliphatic rings. The molecule has 0 amide bonds. The molecule has 0 saturated heterocycles. The zero-order valence-electron chi connectivity index (χ0n) is 10.9. The average Bonchev–Trinajstić information content (AvgIpc) is 2.98. The van der Waals surface area contributed by atoms with Gasteiger partial charge in [0.05, 0.1) is 15.5 Å². The van der Waals surface area contributed by atoms with Crippen molar-refractivity contribution in [2.24, 2.45) is 0 Å². The molecule has 0 spiro atoms. The fraction of sp³-hybridized carbons (Fsp3) is 0. The molecule has 0 aliphatic carbocycles. The monoisotopic (exact) mass is 335 g/mol. The molecule has 110 valence electrons. The van der Waals surface area contributed by atoms with E-state index >= 15 is 0 Å². The summed E-state index contributed by atoms with van der Waals surface area (Å²) in [5.74, 6) is 0.382. The maximum absolute atomic E-state index is 10.8. The van der Waals surface area contributed by atoms with E-state index in [9.17, 15) is 10.1 Å². The van der Waals surface area contributed by atoms with Crippen LogP contribution in [0.15, 0.2) is 46.9 Å². The second kappa shape index (κ2) is 5.75. The van der Waals surface area contributed by atoms with E-state index in [1.807, 2.05) is 0 Å². The van der Waals surface area contributed by atoms with Gasteiger partial charge in [-0.25, -0.2) is 0 Å². The van der Waals surface area contributed by atoms with E-state index in [2.05, 4.69) is 10.2 Å². The normalized spacial score (nSPS) is 10.6. The van der Waals surface area contributed by atoms with E-state index in [4.69, 9.17) is 27.6 Å². The summed E-state index contributed by atoms with van der Waals surface area (Å²) in [6.07, 6.45) is 0. The van der Waals surface area contributed by atoms with Gasteiger partial charge in [0.25, 0.3) is 5.69 Å². The number of rotatable bonds is 3. The summed E-state index contributed by atoms with van der Waals surface area (Å²) in [4.78, 5) is 10.3. The molecule has 1 heterocycles. The third-order valence-corrected chi connectivity index (χ3v) is 3.49. The Balaban J connectivity index is 2.02. The summed E-state index contributed by atoms with van der Waals surface area (Å²) < 4.78 is 5.54. The molecule has 0 unspecified atom stereocenters. The Hall–Kier alpha value is -2.44. The van der Waals surface area contributed by atoms with E-state index in [0.29, 0.717) is 16.1 Å². The molecule has 0 fully saturated rings. The molecular formula is C14H7Cl2N3O3. The molecule has 22 heavy (non-hydrogen) atoms. The minimum Gasteiger partial charge on any atom is -0.416 e. The number of hydrogen-bond donors (Lipinski definition) is 0. The lowest BCUT2D eigenvalue weighted by atomic mass is 10.2. The van der Waals surface area contributed by atoms with E-state index in [1.54, 1.807) is 24.3 Å². The summed E-state index contributed by atoms with van der Waals surface area (Å²) in [5, 5.41) is 19.5. The number of benzene rings is 2. The van der Waals surface area contributed by atoms with Crippen LogP contribution in [0.5, 0.6) is 0 Å². The van der Waals surface area contributed by atoms with Crippen LogP contribution in [0, 0.1) is 10.1 Å². The number of hydrogen-bond acceptors (Lipinski definition) is 5. The lowest BCUT2D eigenvalue weighted by molar-refractivity contribution is -0.384. The van der Waals surface area contributed by atoms with E-state index in [1.165, 1.54) is 18.2 Å². The third-order valence-electron chi connectivity index (χ3n) is 2.91. The van der Waals surface area contributed by atoms with Gasteiger partial charge in [0.15, 0.2) is 0 Å². The fourth-order valence-corrected chi connectivity index (χ4v) is 2.16. The van der Waals surface area contributed by atoms with Crippen molar-refractivity contribution in [2.45, 2.75) is 0 Å². The highest BCUT2D eigenvalue weighted by Crippen LogP contribution is 2.32. The van der Waals surface area contributed by atoms with E-state index < -0.39 is 4.92 Å². The Kier molecular flexibility index (Phi) is 3.79. The van der Waals surface area contributed by atoms with Gasteiger partial charge in [0.1, 0.15) is 0 Å². The Morgan fingerprint density at radius 1 is 1.00 bits per heavy atom. The Morgan fingerprint density at radius 2 is 1.68 bits per heavy atom. The van der Waals surface area contributed by atoms with Gasteiger partial charge in [-0.3, -0.25) is 10.1 Å². The van der Waals surface area contributed by atoms with Crippen LogP contribution in [-0.4, -0.2) is 15.1 Å². The predicted octanol–water partition coefficient (Wildman–Crippen LogP) is 4.62. The number of halogens is 2. The number of non-ortho nitro benzene ring substituents is 1. The van der Waals surface area contributed by atoms with Gasteiger partial charge in [0, 0.05) is 22.7 Å². The van der Waals surface area contributed by atoms with Crippen molar-refractivity contribution >= 4 is 28.9 Å². The van der Waals surface area contributed by atoms with Crippen molar-refractivity contribution in [1.29, 1.82) is 0 Å². The number of aromatic nitrogens is 2. The number of nitro benzene ring substituents is 1. The minimum atomic E-state index is -0.518. The van der Waals surface area contributed by atoms with Crippen molar-refractivity contribution in [3.63, 3.8) is 0 Å².